The number of nitrogens with zero attached hydrogens (tertiary/aromatic N) is 2. The molecule has 3 aromatic rings. The summed E-state index contributed by atoms with van der Waals surface area (Å²) in [4.78, 5) is 12.7. The maximum absolute atomic E-state index is 13.4. The van der Waals surface area contributed by atoms with E-state index in [4.69, 9.17) is 16.3 Å². The maximum Gasteiger partial charge on any atom is 0.264 e. The van der Waals surface area contributed by atoms with Gasteiger partial charge in [0, 0.05) is 0 Å². The smallest absolute Gasteiger partial charge is 0.264 e. The molecule has 176 valence electrons. The van der Waals surface area contributed by atoms with Crippen LogP contribution in [0.4, 0.5) is 5.69 Å². The van der Waals surface area contributed by atoms with Crippen LogP contribution in [0.5, 0.6) is 5.75 Å². The van der Waals surface area contributed by atoms with E-state index in [1.807, 2.05) is 6.92 Å². The van der Waals surface area contributed by atoms with Crippen LogP contribution < -0.4 is 14.5 Å². The predicted molar refractivity (Wildman–Crippen MR) is 135 cm³/mol. The van der Waals surface area contributed by atoms with Gasteiger partial charge in [-0.3, -0.25) is 9.10 Å². The van der Waals surface area contributed by atoms with Gasteiger partial charge in [-0.2, -0.15) is 5.10 Å². The highest BCUT2D eigenvalue weighted by atomic mass is 35.5. The van der Waals surface area contributed by atoms with Crippen molar-refractivity contribution >= 4 is 39.4 Å². The van der Waals surface area contributed by atoms with Crippen LogP contribution in [-0.2, 0) is 14.8 Å². The summed E-state index contributed by atoms with van der Waals surface area (Å²) < 4.78 is 33.1. The Hall–Kier alpha value is -3.62. The van der Waals surface area contributed by atoms with Gasteiger partial charge in [-0.1, -0.05) is 54.1 Å². The first-order valence-corrected chi connectivity index (χ1v) is 12.1. The number of rotatable bonds is 10. The van der Waals surface area contributed by atoms with E-state index in [1.165, 1.54) is 18.3 Å². The van der Waals surface area contributed by atoms with Crippen LogP contribution in [0.3, 0.4) is 0 Å². The zero-order valence-corrected chi connectivity index (χ0v) is 20.1. The monoisotopic (exact) mass is 497 g/mol. The number of benzene rings is 3. The summed E-state index contributed by atoms with van der Waals surface area (Å²) in [6.07, 6.45) is 3.10. The van der Waals surface area contributed by atoms with E-state index in [0.717, 1.165) is 15.4 Å². The highest BCUT2D eigenvalue weighted by molar-refractivity contribution is 7.92. The fraction of sp³-hybridized carbons (Fsp3) is 0.120. The molecule has 7 nitrogen and oxygen atoms in total. The lowest BCUT2D eigenvalue weighted by molar-refractivity contribution is -0.119. The number of anilines is 1. The van der Waals surface area contributed by atoms with Gasteiger partial charge in [0.1, 0.15) is 18.9 Å². The molecule has 0 unspecified atom stereocenters. The molecule has 3 aromatic carbocycles. The van der Waals surface area contributed by atoms with Crippen LogP contribution in [-0.4, -0.2) is 33.7 Å². The van der Waals surface area contributed by atoms with E-state index >= 15 is 0 Å². The number of nitrogens with one attached hydrogen (secondary N) is 1. The van der Waals surface area contributed by atoms with Gasteiger partial charge in [0.15, 0.2) is 0 Å². The van der Waals surface area contributed by atoms with Crippen molar-refractivity contribution in [1.82, 2.24) is 5.43 Å². The van der Waals surface area contributed by atoms with Gasteiger partial charge in [-0.15, -0.1) is 0 Å². The fourth-order valence-electron chi connectivity index (χ4n) is 2.94. The standard InChI is InChI=1S/C25H24ClN3O4S/c1-3-16-33-21-12-10-20(11-13-21)17-27-28-25(30)18-29(24-7-5-4-6-23(24)26)34(31,32)22-14-8-19(2)9-15-22/h3-15,17H,1,16,18H2,2H3,(H,28,30)/b27-17-. The molecular formula is C25H24ClN3O4S. The van der Waals surface area contributed by atoms with E-state index in [0.29, 0.717) is 12.4 Å². The lowest BCUT2D eigenvalue weighted by Crippen LogP contribution is -2.39. The quantitative estimate of drug-likeness (QED) is 0.253. The molecule has 1 N–H and O–H groups in total. The number of hydrazone groups is 1. The number of sulfonamides is 1. The van der Waals surface area contributed by atoms with Crippen LogP contribution in [0.15, 0.2) is 95.4 Å². The lowest BCUT2D eigenvalue weighted by atomic mass is 10.2. The molecule has 0 heterocycles. The number of amides is 1. The highest BCUT2D eigenvalue weighted by Crippen LogP contribution is 2.30. The highest BCUT2D eigenvalue weighted by Gasteiger charge is 2.28. The Labute approximate surface area is 204 Å². The molecule has 0 aromatic heterocycles. The van der Waals surface area contributed by atoms with Crippen molar-refractivity contribution in [2.75, 3.05) is 17.5 Å². The average Bonchev–Trinajstić information content (AvgIpc) is 2.83. The van der Waals surface area contributed by atoms with Crippen molar-refractivity contribution in [3.8, 4) is 5.75 Å². The molecule has 9 heteroatoms. The number of carbonyl (C=O) groups excluding carboxylic acids is 1. The number of aryl methyl sites for hydroxylation is 1. The fourth-order valence-corrected chi connectivity index (χ4v) is 4.67. The molecule has 0 fully saturated rings. The minimum absolute atomic E-state index is 0.0492. The van der Waals surface area contributed by atoms with Crippen molar-refractivity contribution < 1.29 is 17.9 Å². The Balaban J connectivity index is 1.76. The molecule has 0 atom stereocenters. The van der Waals surface area contributed by atoms with Gasteiger partial charge in [0.2, 0.25) is 0 Å². The average molecular weight is 498 g/mol. The first-order valence-electron chi connectivity index (χ1n) is 10.3. The SMILES string of the molecule is C=CCOc1ccc(/C=N\NC(=O)CN(c2ccccc2Cl)S(=O)(=O)c2ccc(C)cc2)cc1. The number of halogens is 1. The van der Waals surface area contributed by atoms with Crippen molar-refractivity contribution in [3.63, 3.8) is 0 Å². The summed E-state index contributed by atoms with van der Waals surface area (Å²) in [5, 5.41) is 4.13. The first kappa shape index (κ1) is 25.0. The van der Waals surface area contributed by atoms with E-state index in [9.17, 15) is 13.2 Å². The Bertz CT molecular complexity index is 1270. The van der Waals surface area contributed by atoms with Gasteiger partial charge in [-0.05, 0) is 61.0 Å². The van der Waals surface area contributed by atoms with Crippen molar-refractivity contribution in [3.05, 3.63) is 102 Å². The van der Waals surface area contributed by atoms with Crippen molar-refractivity contribution in [2.24, 2.45) is 5.10 Å². The van der Waals surface area contributed by atoms with Crippen molar-refractivity contribution in [2.45, 2.75) is 11.8 Å². The number of hydrogen-bond donors (Lipinski definition) is 1. The third kappa shape index (κ3) is 6.46. The number of carbonyl (C=O) groups is 1. The zero-order chi connectivity index (χ0) is 24.6. The molecule has 0 saturated heterocycles. The van der Waals surface area contributed by atoms with Crippen molar-refractivity contribution in [1.29, 1.82) is 0 Å². The van der Waals surface area contributed by atoms with Gasteiger partial charge >= 0.3 is 0 Å². The summed E-state index contributed by atoms with van der Waals surface area (Å²) in [6, 6.07) is 19.9. The Morgan fingerprint density at radius 1 is 1.09 bits per heavy atom. The summed E-state index contributed by atoms with van der Waals surface area (Å²) >= 11 is 6.27. The Morgan fingerprint density at radius 3 is 2.41 bits per heavy atom. The minimum Gasteiger partial charge on any atom is -0.490 e. The van der Waals surface area contributed by atoms with Crippen LogP contribution in [0, 0.1) is 6.92 Å². The molecule has 34 heavy (non-hydrogen) atoms. The van der Waals surface area contributed by atoms with Crippen LogP contribution >= 0.6 is 11.6 Å². The van der Waals surface area contributed by atoms with Crippen LogP contribution in [0.2, 0.25) is 5.02 Å². The van der Waals surface area contributed by atoms with E-state index < -0.39 is 22.5 Å². The second-order valence-electron chi connectivity index (χ2n) is 7.24. The minimum atomic E-state index is -4.06. The molecule has 1 amide bonds. The van der Waals surface area contributed by atoms with Gasteiger partial charge < -0.3 is 4.74 Å². The molecule has 0 aliphatic heterocycles. The number of ether oxygens (including phenoxy) is 1. The largest absolute Gasteiger partial charge is 0.490 e. The van der Waals surface area contributed by atoms with E-state index in [2.05, 4.69) is 17.1 Å². The second kappa shape index (κ2) is 11.5. The third-order valence-electron chi connectivity index (χ3n) is 4.67. The molecule has 0 spiro atoms. The van der Waals surface area contributed by atoms with Gasteiger partial charge in [0.05, 0.1) is 21.8 Å². The summed E-state index contributed by atoms with van der Waals surface area (Å²) in [7, 11) is -4.06. The second-order valence-corrected chi connectivity index (χ2v) is 9.51. The zero-order valence-electron chi connectivity index (χ0n) is 18.5. The maximum atomic E-state index is 13.4. The van der Waals surface area contributed by atoms with E-state index in [-0.39, 0.29) is 15.6 Å². The molecular weight excluding hydrogens is 474 g/mol. The normalized spacial score (nSPS) is 11.2. The first-order chi connectivity index (χ1) is 16.3. The molecule has 3 rings (SSSR count). The molecule has 0 aliphatic rings. The van der Waals surface area contributed by atoms with Gasteiger partial charge in [0.25, 0.3) is 15.9 Å². The third-order valence-corrected chi connectivity index (χ3v) is 6.76. The van der Waals surface area contributed by atoms with E-state index in [1.54, 1.807) is 66.7 Å². The van der Waals surface area contributed by atoms with Crippen LogP contribution in [0.25, 0.3) is 0 Å². The topological polar surface area (TPSA) is 88.1 Å². The summed E-state index contributed by atoms with van der Waals surface area (Å²) in [5.41, 5.74) is 4.20. The number of hydrogen-bond acceptors (Lipinski definition) is 5. The molecule has 0 radical (unpaired) electrons. The molecule has 0 saturated carbocycles. The summed E-state index contributed by atoms with van der Waals surface area (Å²) in [6.45, 7) is 5.34. The van der Waals surface area contributed by atoms with Gasteiger partial charge in [-0.25, -0.2) is 13.8 Å². The Kier molecular flexibility index (Phi) is 8.45. The number of para-hydroxylation sites is 1. The lowest BCUT2D eigenvalue weighted by Gasteiger charge is -2.24. The van der Waals surface area contributed by atoms with Crippen LogP contribution in [0.1, 0.15) is 11.1 Å². The molecule has 0 aliphatic carbocycles. The predicted octanol–water partition coefficient (Wildman–Crippen LogP) is 4.56. The molecule has 0 bridgehead atoms. The summed E-state index contributed by atoms with van der Waals surface area (Å²) in [5.74, 6) is 0.0515. The Morgan fingerprint density at radius 2 is 1.76 bits per heavy atom.